The second-order valence-electron chi connectivity index (χ2n) is 11.7. The minimum Gasteiger partial charge on any atom is -0.487 e. The van der Waals surface area contributed by atoms with Gasteiger partial charge >= 0.3 is 0 Å². The third-order valence-electron chi connectivity index (χ3n) is 6.30. The standard InChI is InChI=1S/C32H48O8/c1-31(2,3)25-7-9-27-29(23-25)39-21-17-35-13-11-34-16-20-38-28-10-8-26(32(4,5)6)24-30(28)40-22-18-36-14-12-33-15-19-37-27/h7-10,23-24H,11-22H2,1-6H3. The van der Waals surface area contributed by atoms with E-state index in [1.54, 1.807) is 0 Å². The van der Waals surface area contributed by atoms with Crippen LogP contribution in [0.15, 0.2) is 36.4 Å². The molecule has 0 atom stereocenters. The maximum atomic E-state index is 6.04. The number of hydrogen-bond acceptors (Lipinski definition) is 8. The van der Waals surface area contributed by atoms with Gasteiger partial charge in [0.1, 0.15) is 26.4 Å². The van der Waals surface area contributed by atoms with Crippen LogP contribution in [-0.2, 0) is 29.8 Å². The molecular formula is C32H48O8. The molecule has 0 radical (unpaired) electrons. The van der Waals surface area contributed by atoms with E-state index in [0.717, 1.165) is 0 Å². The zero-order chi connectivity index (χ0) is 28.8. The van der Waals surface area contributed by atoms with Gasteiger partial charge in [-0.2, -0.15) is 0 Å². The molecule has 0 spiro atoms. The Labute approximate surface area is 240 Å². The van der Waals surface area contributed by atoms with Crippen molar-refractivity contribution in [2.24, 2.45) is 0 Å². The minimum absolute atomic E-state index is 0.000262. The highest BCUT2D eigenvalue weighted by molar-refractivity contribution is 5.45. The molecule has 0 bridgehead atoms. The van der Waals surface area contributed by atoms with Gasteiger partial charge in [0.05, 0.1) is 52.9 Å². The zero-order valence-electron chi connectivity index (χ0n) is 25.2. The van der Waals surface area contributed by atoms with Crippen molar-refractivity contribution in [2.75, 3.05) is 79.3 Å². The Bertz CT molecular complexity index is 927. The quantitative estimate of drug-likeness (QED) is 0.414. The molecule has 8 heteroatoms. The van der Waals surface area contributed by atoms with E-state index >= 15 is 0 Å². The number of fused-ring (bicyclic) bond motifs is 2. The molecule has 0 aliphatic carbocycles. The Morgan fingerprint density at radius 1 is 0.375 bits per heavy atom. The Morgan fingerprint density at radius 2 is 0.650 bits per heavy atom. The van der Waals surface area contributed by atoms with Crippen LogP contribution in [0.4, 0.5) is 0 Å². The molecular weight excluding hydrogens is 512 g/mol. The van der Waals surface area contributed by atoms with Crippen molar-refractivity contribution in [3.63, 3.8) is 0 Å². The molecule has 1 aliphatic rings. The molecule has 8 nitrogen and oxygen atoms in total. The van der Waals surface area contributed by atoms with Crippen molar-refractivity contribution in [1.29, 1.82) is 0 Å². The van der Waals surface area contributed by atoms with Gasteiger partial charge in [0, 0.05) is 0 Å². The van der Waals surface area contributed by atoms with E-state index in [4.69, 9.17) is 37.9 Å². The van der Waals surface area contributed by atoms with E-state index in [2.05, 4.69) is 53.7 Å². The summed E-state index contributed by atoms with van der Waals surface area (Å²) in [5.41, 5.74) is 2.35. The van der Waals surface area contributed by atoms with Gasteiger partial charge in [-0.25, -0.2) is 0 Å². The van der Waals surface area contributed by atoms with Crippen LogP contribution in [0.25, 0.3) is 0 Å². The molecule has 0 fully saturated rings. The normalized spacial score (nSPS) is 17.9. The zero-order valence-corrected chi connectivity index (χ0v) is 25.2. The van der Waals surface area contributed by atoms with E-state index in [9.17, 15) is 0 Å². The molecule has 0 N–H and O–H groups in total. The van der Waals surface area contributed by atoms with Crippen LogP contribution in [0.2, 0.25) is 0 Å². The average Bonchev–Trinajstić information content (AvgIpc) is 2.90. The maximum absolute atomic E-state index is 6.04. The molecule has 0 saturated heterocycles. The lowest BCUT2D eigenvalue weighted by Gasteiger charge is -2.22. The summed E-state index contributed by atoms with van der Waals surface area (Å²) in [5, 5.41) is 0. The Balaban J connectivity index is 1.56. The fourth-order valence-electron chi connectivity index (χ4n) is 3.90. The largest absolute Gasteiger partial charge is 0.487 e. The third-order valence-corrected chi connectivity index (χ3v) is 6.30. The van der Waals surface area contributed by atoms with Gasteiger partial charge in [0.25, 0.3) is 0 Å². The molecule has 0 amide bonds. The van der Waals surface area contributed by atoms with Crippen LogP contribution in [-0.4, -0.2) is 79.3 Å². The molecule has 3 rings (SSSR count). The summed E-state index contributed by atoms with van der Waals surface area (Å²) in [6, 6.07) is 12.2. The Hall–Kier alpha value is -2.52. The summed E-state index contributed by atoms with van der Waals surface area (Å²) in [6.07, 6.45) is 0. The summed E-state index contributed by atoms with van der Waals surface area (Å²) in [7, 11) is 0. The van der Waals surface area contributed by atoms with Crippen LogP contribution in [0.1, 0.15) is 52.7 Å². The van der Waals surface area contributed by atoms with Gasteiger partial charge in [-0.3, -0.25) is 0 Å². The van der Waals surface area contributed by atoms with Crippen molar-refractivity contribution in [3.8, 4) is 23.0 Å². The van der Waals surface area contributed by atoms with Crippen molar-refractivity contribution in [3.05, 3.63) is 47.5 Å². The number of rotatable bonds is 0. The third kappa shape index (κ3) is 11.2. The molecule has 224 valence electrons. The van der Waals surface area contributed by atoms with Gasteiger partial charge in [-0.15, -0.1) is 0 Å². The van der Waals surface area contributed by atoms with Crippen molar-refractivity contribution in [2.45, 2.75) is 52.4 Å². The lowest BCUT2D eigenvalue weighted by atomic mass is 9.87. The predicted molar refractivity (Wildman–Crippen MR) is 156 cm³/mol. The molecule has 0 unspecified atom stereocenters. The van der Waals surface area contributed by atoms with Gasteiger partial charge in [0.15, 0.2) is 23.0 Å². The van der Waals surface area contributed by atoms with Crippen molar-refractivity contribution in [1.82, 2.24) is 0 Å². The monoisotopic (exact) mass is 560 g/mol. The van der Waals surface area contributed by atoms with Crippen molar-refractivity contribution >= 4 is 0 Å². The first kappa shape index (κ1) is 32.0. The first-order valence-corrected chi connectivity index (χ1v) is 14.3. The molecule has 2 aromatic carbocycles. The van der Waals surface area contributed by atoms with Crippen LogP contribution >= 0.6 is 0 Å². The molecule has 0 saturated carbocycles. The second kappa shape index (κ2) is 16.1. The SMILES string of the molecule is CC(C)(C)c1ccc2c(c1)OCCOCCOCCOc1ccc(C(C)(C)C)cc1OCCOCCOCCO2. The predicted octanol–water partition coefficient (Wildman–Crippen LogP) is 5.58. The summed E-state index contributed by atoms with van der Waals surface area (Å²) in [4.78, 5) is 0. The van der Waals surface area contributed by atoms with Gasteiger partial charge in [-0.05, 0) is 46.2 Å². The van der Waals surface area contributed by atoms with E-state index in [1.165, 1.54) is 11.1 Å². The highest BCUT2D eigenvalue weighted by Gasteiger charge is 2.18. The minimum atomic E-state index is 0.000262. The molecule has 40 heavy (non-hydrogen) atoms. The summed E-state index contributed by atoms with van der Waals surface area (Å²) >= 11 is 0. The number of benzene rings is 2. The molecule has 0 aromatic heterocycles. The maximum Gasteiger partial charge on any atom is 0.161 e. The van der Waals surface area contributed by atoms with E-state index in [1.807, 2.05) is 24.3 Å². The highest BCUT2D eigenvalue weighted by Crippen LogP contribution is 2.34. The summed E-state index contributed by atoms with van der Waals surface area (Å²) < 4.78 is 46.8. The van der Waals surface area contributed by atoms with Gasteiger partial charge in [0.2, 0.25) is 0 Å². The topological polar surface area (TPSA) is 73.8 Å². The van der Waals surface area contributed by atoms with Gasteiger partial charge in [-0.1, -0.05) is 53.7 Å². The Kier molecular flexibility index (Phi) is 12.8. The summed E-state index contributed by atoms with van der Waals surface area (Å²) in [6.45, 7) is 18.4. The van der Waals surface area contributed by atoms with Crippen LogP contribution in [0.3, 0.4) is 0 Å². The lowest BCUT2D eigenvalue weighted by Crippen LogP contribution is -2.16. The van der Waals surface area contributed by atoms with E-state index in [-0.39, 0.29) is 10.8 Å². The van der Waals surface area contributed by atoms with Gasteiger partial charge < -0.3 is 37.9 Å². The molecule has 2 aromatic rings. The fraction of sp³-hybridized carbons (Fsp3) is 0.625. The molecule has 1 heterocycles. The highest BCUT2D eigenvalue weighted by atomic mass is 16.6. The van der Waals surface area contributed by atoms with Crippen LogP contribution in [0, 0.1) is 0 Å². The van der Waals surface area contributed by atoms with E-state index < -0.39 is 0 Å². The molecule has 1 aliphatic heterocycles. The number of ether oxygens (including phenoxy) is 8. The second-order valence-corrected chi connectivity index (χ2v) is 11.7. The fourth-order valence-corrected chi connectivity index (χ4v) is 3.90. The average molecular weight is 561 g/mol. The first-order chi connectivity index (χ1) is 19.1. The first-order valence-electron chi connectivity index (χ1n) is 14.3. The van der Waals surface area contributed by atoms with Crippen LogP contribution in [0.5, 0.6) is 23.0 Å². The smallest absolute Gasteiger partial charge is 0.161 e. The lowest BCUT2D eigenvalue weighted by molar-refractivity contribution is 0.0223. The summed E-state index contributed by atoms with van der Waals surface area (Å²) in [5.74, 6) is 2.80. The van der Waals surface area contributed by atoms with E-state index in [0.29, 0.717) is 102 Å². The van der Waals surface area contributed by atoms with Crippen molar-refractivity contribution < 1.29 is 37.9 Å². The number of hydrogen-bond donors (Lipinski definition) is 0. The Morgan fingerprint density at radius 3 is 0.950 bits per heavy atom. The van der Waals surface area contributed by atoms with Crippen LogP contribution < -0.4 is 18.9 Å².